The summed E-state index contributed by atoms with van der Waals surface area (Å²) in [6.45, 7) is 0.0857. The van der Waals surface area contributed by atoms with Crippen molar-refractivity contribution in [2.45, 2.75) is 37.8 Å². The van der Waals surface area contributed by atoms with Crippen molar-refractivity contribution in [2.75, 3.05) is 13.7 Å². The zero-order valence-corrected chi connectivity index (χ0v) is 14.2. The molecule has 0 spiro atoms. The number of fused-ring (bicyclic) bond motifs is 3. The van der Waals surface area contributed by atoms with E-state index < -0.39 is 0 Å². The zero-order chi connectivity index (χ0) is 17.4. The minimum Gasteiger partial charge on any atom is -0.375 e. The molecule has 1 aromatic heterocycles. The second-order valence-corrected chi connectivity index (χ2v) is 6.73. The van der Waals surface area contributed by atoms with Crippen molar-refractivity contribution in [1.82, 2.24) is 14.9 Å². The fourth-order valence-corrected chi connectivity index (χ4v) is 4.08. The molecule has 0 saturated carbocycles. The van der Waals surface area contributed by atoms with Gasteiger partial charge in [-0.15, -0.1) is 0 Å². The minimum absolute atomic E-state index is 0.00233. The van der Waals surface area contributed by atoms with Gasteiger partial charge in [0.05, 0.1) is 5.69 Å². The molecule has 2 aromatic rings. The van der Waals surface area contributed by atoms with Crippen LogP contribution < -0.4 is 5.56 Å². The predicted octanol–water partition coefficient (Wildman–Crippen LogP) is 1.54. The second-order valence-electron chi connectivity index (χ2n) is 6.73. The Balaban J connectivity index is 1.72. The summed E-state index contributed by atoms with van der Waals surface area (Å²) >= 11 is 0. The first-order valence-corrected chi connectivity index (χ1v) is 8.65. The molecular weight excluding hydrogens is 318 g/mol. The standard InChI is InChI=1S/C19H21N3O3/c1-25-11-17(23)22-13-7-8-14(22)10-16-15(9-13)19(24)21-18(20-16)12-5-3-2-4-6-12/h2-6,13-14H,7-11H2,1H3,(H,20,21,24)/t13-,14+/m1/s1. The number of methoxy groups -OCH3 is 1. The summed E-state index contributed by atoms with van der Waals surface area (Å²) in [5, 5.41) is 0. The molecule has 2 aliphatic heterocycles. The Morgan fingerprint density at radius 1 is 1.24 bits per heavy atom. The van der Waals surface area contributed by atoms with E-state index >= 15 is 0 Å². The molecule has 4 rings (SSSR count). The normalized spacial score (nSPS) is 21.7. The maximum atomic E-state index is 12.7. The summed E-state index contributed by atoms with van der Waals surface area (Å²) in [6.07, 6.45) is 3.08. The maximum Gasteiger partial charge on any atom is 0.254 e. The highest BCUT2D eigenvalue weighted by Crippen LogP contribution is 2.33. The Kier molecular flexibility index (Phi) is 4.13. The van der Waals surface area contributed by atoms with E-state index in [0.717, 1.165) is 29.7 Å². The van der Waals surface area contributed by atoms with E-state index in [1.807, 2.05) is 35.2 Å². The van der Waals surface area contributed by atoms with Gasteiger partial charge in [-0.1, -0.05) is 30.3 Å². The molecule has 3 heterocycles. The van der Waals surface area contributed by atoms with E-state index in [1.165, 1.54) is 7.11 Å². The van der Waals surface area contributed by atoms with E-state index in [-0.39, 0.29) is 30.2 Å². The van der Waals surface area contributed by atoms with Crippen molar-refractivity contribution >= 4 is 5.91 Å². The lowest BCUT2D eigenvalue weighted by Crippen LogP contribution is -2.43. The number of hydrogen-bond donors (Lipinski definition) is 1. The molecule has 1 aromatic carbocycles. The summed E-state index contributed by atoms with van der Waals surface area (Å²) in [4.78, 5) is 34.7. The average molecular weight is 339 g/mol. The molecule has 2 atom stereocenters. The average Bonchev–Trinajstić information content (AvgIpc) is 2.91. The number of hydrogen-bond acceptors (Lipinski definition) is 4. The van der Waals surface area contributed by atoms with E-state index in [2.05, 4.69) is 4.98 Å². The molecule has 0 radical (unpaired) electrons. The summed E-state index contributed by atoms with van der Waals surface area (Å²) in [5.74, 6) is 0.597. The Labute approximate surface area is 145 Å². The molecular formula is C19H21N3O3. The zero-order valence-electron chi connectivity index (χ0n) is 14.2. The van der Waals surface area contributed by atoms with E-state index in [1.54, 1.807) is 0 Å². The summed E-state index contributed by atoms with van der Waals surface area (Å²) in [6, 6.07) is 9.82. The van der Waals surface area contributed by atoms with Crippen LogP contribution in [0.2, 0.25) is 0 Å². The molecule has 2 bridgehead atoms. The van der Waals surface area contributed by atoms with Crippen LogP contribution in [0.4, 0.5) is 0 Å². The van der Waals surface area contributed by atoms with Crippen molar-refractivity contribution in [2.24, 2.45) is 0 Å². The van der Waals surface area contributed by atoms with Crippen LogP contribution in [0.5, 0.6) is 0 Å². The van der Waals surface area contributed by atoms with Crippen molar-refractivity contribution in [3.05, 3.63) is 51.9 Å². The van der Waals surface area contributed by atoms with Gasteiger partial charge in [0.2, 0.25) is 5.91 Å². The van der Waals surface area contributed by atoms with Crippen LogP contribution >= 0.6 is 0 Å². The van der Waals surface area contributed by atoms with Gasteiger partial charge in [0.25, 0.3) is 5.56 Å². The Hall–Kier alpha value is -2.47. The fourth-order valence-electron chi connectivity index (χ4n) is 4.08. The molecule has 130 valence electrons. The number of H-pyrrole nitrogens is 1. The minimum atomic E-state index is -0.0875. The highest BCUT2D eigenvalue weighted by molar-refractivity contribution is 5.78. The first kappa shape index (κ1) is 16.0. The Bertz CT molecular complexity index is 847. The number of carbonyl (C=O) groups excluding carboxylic acids is 1. The number of carbonyl (C=O) groups is 1. The van der Waals surface area contributed by atoms with E-state index in [0.29, 0.717) is 18.7 Å². The van der Waals surface area contributed by atoms with Gasteiger partial charge in [-0.25, -0.2) is 4.98 Å². The van der Waals surface area contributed by atoms with Gasteiger partial charge in [-0.05, 0) is 12.8 Å². The van der Waals surface area contributed by atoms with Crippen molar-refractivity contribution in [1.29, 1.82) is 0 Å². The lowest BCUT2D eigenvalue weighted by molar-refractivity contribution is -0.137. The van der Waals surface area contributed by atoms with Crippen LogP contribution in [0.1, 0.15) is 24.1 Å². The number of benzene rings is 1. The highest BCUT2D eigenvalue weighted by atomic mass is 16.5. The number of nitrogens with one attached hydrogen (secondary N) is 1. The van der Waals surface area contributed by atoms with E-state index in [4.69, 9.17) is 9.72 Å². The molecule has 0 unspecified atom stereocenters. The first-order valence-electron chi connectivity index (χ1n) is 8.65. The van der Waals surface area contributed by atoms with Crippen LogP contribution in [0.25, 0.3) is 11.4 Å². The lowest BCUT2D eigenvalue weighted by atomic mass is 9.98. The number of nitrogens with zero attached hydrogens (tertiary/aromatic N) is 2. The van der Waals surface area contributed by atoms with Gasteiger partial charge in [-0.2, -0.15) is 0 Å². The number of aromatic nitrogens is 2. The Morgan fingerprint density at radius 3 is 2.68 bits per heavy atom. The van der Waals surface area contributed by atoms with Gasteiger partial charge in [0.1, 0.15) is 12.4 Å². The molecule has 1 amide bonds. The van der Waals surface area contributed by atoms with Gasteiger partial charge in [0, 0.05) is 43.2 Å². The van der Waals surface area contributed by atoms with Crippen LogP contribution in [0.15, 0.2) is 35.1 Å². The molecule has 25 heavy (non-hydrogen) atoms. The smallest absolute Gasteiger partial charge is 0.254 e. The monoisotopic (exact) mass is 339 g/mol. The van der Waals surface area contributed by atoms with Crippen LogP contribution in [0, 0.1) is 0 Å². The van der Waals surface area contributed by atoms with Crippen molar-refractivity contribution < 1.29 is 9.53 Å². The number of aromatic amines is 1. The summed E-state index contributed by atoms with van der Waals surface area (Å²) < 4.78 is 5.03. The third kappa shape index (κ3) is 2.87. The molecule has 1 fully saturated rings. The van der Waals surface area contributed by atoms with E-state index in [9.17, 15) is 9.59 Å². The maximum absolute atomic E-state index is 12.7. The van der Waals surface area contributed by atoms with Crippen LogP contribution in [-0.2, 0) is 22.4 Å². The summed E-state index contributed by atoms with van der Waals surface area (Å²) in [7, 11) is 1.53. The molecule has 0 aliphatic carbocycles. The van der Waals surface area contributed by atoms with Crippen molar-refractivity contribution in [3.63, 3.8) is 0 Å². The predicted molar refractivity (Wildman–Crippen MR) is 93.2 cm³/mol. The van der Waals surface area contributed by atoms with Crippen molar-refractivity contribution in [3.8, 4) is 11.4 Å². The largest absolute Gasteiger partial charge is 0.375 e. The van der Waals surface area contributed by atoms with Gasteiger partial charge >= 0.3 is 0 Å². The lowest BCUT2D eigenvalue weighted by Gasteiger charge is -2.27. The molecule has 6 nitrogen and oxygen atoms in total. The SMILES string of the molecule is COCC(=O)N1[C@@H]2CC[C@H]1Cc1nc(-c3ccccc3)[nH]c(=O)c1C2. The molecule has 2 aliphatic rings. The number of amides is 1. The number of rotatable bonds is 3. The number of ether oxygens (including phenoxy) is 1. The molecule has 6 heteroatoms. The summed E-state index contributed by atoms with van der Waals surface area (Å²) in [5.41, 5.74) is 2.35. The second kappa shape index (κ2) is 6.44. The quantitative estimate of drug-likeness (QED) is 0.920. The van der Waals surface area contributed by atoms with Crippen LogP contribution in [-0.4, -0.2) is 46.6 Å². The van der Waals surface area contributed by atoms with Gasteiger partial charge < -0.3 is 14.6 Å². The molecule has 1 saturated heterocycles. The highest BCUT2D eigenvalue weighted by Gasteiger charge is 2.40. The van der Waals surface area contributed by atoms with Crippen LogP contribution in [0.3, 0.4) is 0 Å². The third-order valence-corrected chi connectivity index (χ3v) is 5.19. The van der Waals surface area contributed by atoms with Gasteiger partial charge in [0.15, 0.2) is 0 Å². The van der Waals surface area contributed by atoms with Gasteiger partial charge in [-0.3, -0.25) is 9.59 Å². The Morgan fingerprint density at radius 2 is 1.96 bits per heavy atom. The fraction of sp³-hybridized carbons (Fsp3) is 0.421. The first-order chi connectivity index (χ1) is 12.2. The molecule has 1 N–H and O–H groups in total. The third-order valence-electron chi connectivity index (χ3n) is 5.19. The topological polar surface area (TPSA) is 75.3 Å².